The van der Waals surface area contributed by atoms with Crippen molar-refractivity contribution in [1.82, 2.24) is 0 Å². The van der Waals surface area contributed by atoms with Crippen LogP contribution in [0.3, 0.4) is 0 Å². The molecule has 0 spiro atoms. The Morgan fingerprint density at radius 1 is 0.800 bits per heavy atom. The quantitative estimate of drug-likeness (QED) is 0.144. The standard InChI is InChI=1S/C24H13NO10/c26-20(27)13-8-7-11-10-5-1-3-9-4-2-6-12(14(9)10)18-16(11)15(13)17(21(28)29)19(22(30)31)24(18,23(32)33)25(34)35/h1-8,19H,(H,26,27)(H,28,29)(H,30,31)(H,32,33). The number of aromatic carboxylic acids is 1. The molecule has 0 heterocycles. The van der Waals surface area contributed by atoms with Gasteiger partial charge in [-0.1, -0.05) is 42.5 Å². The normalized spacial score (nSPS) is 19.2. The van der Waals surface area contributed by atoms with Gasteiger partial charge in [0.25, 0.3) is 0 Å². The second kappa shape index (κ2) is 6.97. The smallest absolute Gasteiger partial charge is 0.388 e. The van der Waals surface area contributed by atoms with Crippen molar-refractivity contribution in [2.75, 3.05) is 0 Å². The van der Waals surface area contributed by atoms with Gasteiger partial charge in [-0.05, 0) is 33.0 Å². The van der Waals surface area contributed by atoms with Crippen molar-refractivity contribution in [3.63, 3.8) is 0 Å². The van der Waals surface area contributed by atoms with E-state index in [1.807, 2.05) is 0 Å². The van der Waals surface area contributed by atoms with E-state index in [4.69, 9.17) is 0 Å². The molecule has 0 aliphatic heterocycles. The molecule has 1 aliphatic rings. The van der Waals surface area contributed by atoms with Crippen LogP contribution in [0.5, 0.6) is 0 Å². The lowest BCUT2D eigenvalue weighted by Gasteiger charge is -2.33. The predicted molar refractivity (Wildman–Crippen MR) is 120 cm³/mol. The Morgan fingerprint density at radius 3 is 1.91 bits per heavy atom. The number of nitro groups is 1. The highest BCUT2D eigenvalue weighted by atomic mass is 16.6. The first kappa shape index (κ1) is 21.8. The zero-order chi connectivity index (χ0) is 25.4. The molecular formula is C24H13NO10. The molecular weight excluding hydrogens is 462 g/mol. The van der Waals surface area contributed by atoms with Gasteiger partial charge in [0.05, 0.1) is 16.7 Å². The minimum absolute atomic E-state index is 0.0178. The second-order valence-electron chi connectivity index (χ2n) is 8.12. The Balaban J connectivity index is 2.32. The van der Waals surface area contributed by atoms with Crippen molar-refractivity contribution in [1.29, 1.82) is 0 Å². The molecule has 4 aromatic carbocycles. The van der Waals surface area contributed by atoms with E-state index in [1.165, 1.54) is 18.2 Å². The summed E-state index contributed by atoms with van der Waals surface area (Å²) < 4.78 is 0. The van der Waals surface area contributed by atoms with Crippen molar-refractivity contribution in [3.05, 3.63) is 75.0 Å². The molecule has 2 unspecified atom stereocenters. The van der Waals surface area contributed by atoms with Gasteiger partial charge in [-0.2, -0.15) is 0 Å². The fourth-order valence-electron chi connectivity index (χ4n) is 5.38. The summed E-state index contributed by atoms with van der Waals surface area (Å²) in [5.41, 5.74) is -5.81. The molecule has 4 N–H and O–H groups in total. The number of nitrogens with zero attached hydrogens (tertiary/aromatic N) is 1. The Hall–Kier alpha value is -5.06. The Morgan fingerprint density at radius 2 is 1.40 bits per heavy atom. The molecule has 174 valence electrons. The summed E-state index contributed by atoms with van der Waals surface area (Å²) in [4.78, 5) is 60.9. The average Bonchev–Trinajstić information content (AvgIpc) is 2.79. The van der Waals surface area contributed by atoms with Crippen LogP contribution in [0.4, 0.5) is 0 Å². The van der Waals surface area contributed by atoms with Crippen molar-refractivity contribution >= 4 is 61.8 Å². The predicted octanol–water partition coefficient (Wildman–Crippen LogP) is 2.07. The van der Waals surface area contributed by atoms with E-state index in [-0.39, 0.29) is 16.2 Å². The van der Waals surface area contributed by atoms with Crippen molar-refractivity contribution in [2.45, 2.75) is 5.54 Å². The van der Waals surface area contributed by atoms with Crippen LogP contribution in [0, 0.1) is 16.0 Å². The maximum Gasteiger partial charge on any atom is 0.388 e. The molecule has 11 heteroatoms. The molecule has 4 aromatic rings. The number of hydrogen-bond donors (Lipinski definition) is 4. The summed E-state index contributed by atoms with van der Waals surface area (Å²) in [6.07, 6.45) is 0. The highest BCUT2D eigenvalue weighted by Gasteiger charge is 2.68. The minimum Gasteiger partial charge on any atom is -0.481 e. The van der Waals surface area contributed by atoms with E-state index in [1.54, 1.807) is 24.3 Å². The lowest BCUT2D eigenvalue weighted by molar-refractivity contribution is -0.568. The number of rotatable bonds is 5. The SMILES string of the molecule is O=C(O)C1=c2c(C(=O)O)ccc3c2c(c2cccc4cccc3c42)C(C(=O)O)([N+](=O)[O-])C1C(=O)O. The summed E-state index contributed by atoms with van der Waals surface area (Å²) in [7, 11) is 0. The molecule has 2 atom stereocenters. The highest BCUT2D eigenvalue weighted by Crippen LogP contribution is 2.49. The molecule has 0 fully saturated rings. The van der Waals surface area contributed by atoms with Gasteiger partial charge in [-0.15, -0.1) is 0 Å². The number of fused-ring (bicyclic) bond motifs is 2. The molecule has 0 radical (unpaired) electrons. The van der Waals surface area contributed by atoms with Crippen LogP contribution >= 0.6 is 0 Å². The third-order valence-electron chi connectivity index (χ3n) is 6.60. The van der Waals surface area contributed by atoms with Crippen molar-refractivity contribution in [2.24, 2.45) is 5.92 Å². The maximum atomic E-state index is 12.7. The molecule has 0 saturated heterocycles. The third-order valence-corrected chi connectivity index (χ3v) is 6.60. The van der Waals surface area contributed by atoms with E-state index in [2.05, 4.69) is 0 Å². The summed E-state index contributed by atoms with van der Waals surface area (Å²) in [5.74, 6) is -10.6. The Bertz CT molecular complexity index is 1730. The first-order chi connectivity index (χ1) is 16.5. The number of carbonyl (C=O) groups is 4. The molecule has 0 bridgehead atoms. The van der Waals surface area contributed by atoms with Gasteiger partial charge < -0.3 is 20.4 Å². The average molecular weight is 475 g/mol. The van der Waals surface area contributed by atoms with E-state index in [0.717, 1.165) is 6.07 Å². The fraction of sp³-hybridized carbons (Fsp3) is 0.0833. The molecule has 11 nitrogen and oxygen atoms in total. The van der Waals surface area contributed by atoms with E-state index in [9.17, 15) is 49.7 Å². The monoisotopic (exact) mass is 475 g/mol. The van der Waals surface area contributed by atoms with Gasteiger partial charge in [-0.25, -0.2) is 14.4 Å². The van der Waals surface area contributed by atoms with Gasteiger partial charge in [0.2, 0.25) is 0 Å². The van der Waals surface area contributed by atoms with Crippen molar-refractivity contribution in [3.8, 4) is 0 Å². The summed E-state index contributed by atoms with van der Waals surface area (Å²) in [6, 6.07) is 12.0. The summed E-state index contributed by atoms with van der Waals surface area (Å²) in [5, 5.41) is 53.5. The number of hydrogen-bond acceptors (Lipinski definition) is 6. The van der Waals surface area contributed by atoms with Crippen LogP contribution in [0.15, 0.2) is 48.5 Å². The number of benzene rings is 4. The second-order valence-corrected chi connectivity index (χ2v) is 8.12. The molecule has 1 aliphatic carbocycles. The maximum absolute atomic E-state index is 12.7. The minimum atomic E-state index is -3.46. The van der Waals surface area contributed by atoms with Crippen LogP contribution in [0.25, 0.3) is 37.9 Å². The number of aliphatic carboxylic acids is 3. The Labute approximate surface area is 193 Å². The van der Waals surface area contributed by atoms with Gasteiger partial charge in [0, 0.05) is 15.5 Å². The van der Waals surface area contributed by atoms with Crippen LogP contribution < -0.4 is 5.22 Å². The number of carboxylic acid groups (broad SMARTS) is 4. The first-order valence-corrected chi connectivity index (χ1v) is 10.1. The molecule has 5 rings (SSSR count). The summed E-state index contributed by atoms with van der Waals surface area (Å²) in [6.45, 7) is 0. The van der Waals surface area contributed by atoms with Gasteiger partial charge >= 0.3 is 29.4 Å². The lowest BCUT2D eigenvalue weighted by Crippen LogP contribution is -2.57. The largest absolute Gasteiger partial charge is 0.481 e. The van der Waals surface area contributed by atoms with Crippen LogP contribution in [0.1, 0.15) is 15.9 Å². The Kier molecular flexibility index (Phi) is 4.33. The third kappa shape index (κ3) is 2.48. The van der Waals surface area contributed by atoms with E-state index in [0.29, 0.717) is 16.2 Å². The molecule has 0 amide bonds. The number of carboxylic acids is 4. The topological polar surface area (TPSA) is 192 Å². The van der Waals surface area contributed by atoms with Gasteiger partial charge in [-0.3, -0.25) is 14.9 Å². The van der Waals surface area contributed by atoms with E-state index >= 15 is 0 Å². The van der Waals surface area contributed by atoms with Gasteiger partial charge in [0.15, 0.2) is 5.92 Å². The molecule has 0 aromatic heterocycles. The molecule has 0 saturated carbocycles. The van der Waals surface area contributed by atoms with Crippen LogP contribution in [-0.4, -0.2) is 49.2 Å². The van der Waals surface area contributed by atoms with Crippen LogP contribution in [0.2, 0.25) is 0 Å². The highest BCUT2D eigenvalue weighted by molar-refractivity contribution is 6.28. The van der Waals surface area contributed by atoms with Crippen LogP contribution in [-0.2, 0) is 19.9 Å². The fourth-order valence-corrected chi connectivity index (χ4v) is 5.38. The zero-order valence-corrected chi connectivity index (χ0v) is 17.4. The van der Waals surface area contributed by atoms with Gasteiger partial charge in [0.1, 0.15) is 0 Å². The van der Waals surface area contributed by atoms with E-state index < -0.39 is 62.2 Å². The summed E-state index contributed by atoms with van der Waals surface area (Å²) >= 11 is 0. The zero-order valence-electron chi connectivity index (χ0n) is 17.4. The first-order valence-electron chi connectivity index (χ1n) is 10.1. The van der Waals surface area contributed by atoms with Crippen molar-refractivity contribution < 1.29 is 44.5 Å². The lowest BCUT2D eigenvalue weighted by atomic mass is 9.66. The molecule has 35 heavy (non-hydrogen) atoms.